The minimum Gasteiger partial charge on any atom is -0.299 e. The van der Waals surface area contributed by atoms with E-state index in [0.29, 0.717) is 19.3 Å². The molecule has 0 aromatic carbocycles. The van der Waals surface area contributed by atoms with Crippen LogP contribution in [0.5, 0.6) is 0 Å². The Bertz CT molecular complexity index is 270. The third-order valence-corrected chi connectivity index (χ3v) is 4.51. The second-order valence-electron chi connectivity index (χ2n) is 4.71. The largest absolute Gasteiger partial charge is 0.299 e. The molecule has 1 aliphatic rings. The minimum atomic E-state index is -0.647. The van der Waals surface area contributed by atoms with E-state index in [4.69, 9.17) is 0 Å². The molecule has 0 unspecified atom stereocenters. The van der Waals surface area contributed by atoms with Crippen molar-refractivity contribution in [2.24, 2.45) is 10.8 Å². The Morgan fingerprint density at radius 2 is 1.40 bits per heavy atom. The monoisotopic (exact) mass is 210 g/mol. The molecule has 0 heterocycles. The van der Waals surface area contributed by atoms with Crippen molar-refractivity contribution in [3.63, 3.8) is 0 Å². The molecule has 2 nitrogen and oxygen atoms in total. The maximum absolute atomic E-state index is 12.5. The van der Waals surface area contributed by atoms with Gasteiger partial charge in [-0.15, -0.1) is 0 Å². The normalized spacial score (nSPS) is 23.5. The fourth-order valence-corrected chi connectivity index (χ4v) is 2.98. The first-order chi connectivity index (χ1) is 7.03. The molecule has 0 aromatic rings. The summed E-state index contributed by atoms with van der Waals surface area (Å²) in [5.74, 6) is 0.399. The standard InChI is InChI=1S/C13H22O2/c1-5-12(6-2)9-10(14)13(7-3,8-4)11(12)15/h5-9H2,1-4H3. The summed E-state index contributed by atoms with van der Waals surface area (Å²) < 4.78 is 0. The summed E-state index contributed by atoms with van der Waals surface area (Å²) in [6.45, 7) is 7.97. The molecular formula is C13H22O2. The van der Waals surface area contributed by atoms with Crippen molar-refractivity contribution in [2.45, 2.75) is 59.8 Å². The SMILES string of the molecule is CCC1(CC)CC(=O)C(CC)(CC)C1=O. The van der Waals surface area contributed by atoms with E-state index >= 15 is 0 Å². The predicted molar refractivity (Wildman–Crippen MR) is 60.7 cm³/mol. The van der Waals surface area contributed by atoms with Crippen molar-refractivity contribution in [2.75, 3.05) is 0 Å². The van der Waals surface area contributed by atoms with Gasteiger partial charge >= 0.3 is 0 Å². The Kier molecular flexibility index (Phi) is 3.37. The lowest BCUT2D eigenvalue weighted by Gasteiger charge is -2.28. The topological polar surface area (TPSA) is 34.1 Å². The van der Waals surface area contributed by atoms with Gasteiger partial charge in [0, 0.05) is 11.8 Å². The van der Waals surface area contributed by atoms with E-state index < -0.39 is 5.41 Å². The molecule has 1 aliphatic carbocycles. The van der Waals surface area contributed by atoms with Crippen LogP contribution < -0.4 is 0 Å². The Labute approximate surface area is 92.4 Å². The average Bonchev–Trinajstić information content (AvgIpc) is 2.48. The summed E-state index contributed by atoms with van der Waals surface area (Å²) in [6, 6.07) is 0. The number of hydrogen-bond donors (Lipinski definition) is 0. The van der Waals surface area contributed by atoms with E-state index in [1.165, 1.54) is 0 Å². The van der Waals surface area contributed by atoms with Gasteiger partial charge in [0.1, 0.15) is 5.78 Å². The lowest BCUT2D eigenvalue weighted by molar-refractivity contribution is -0.138. The van der Waals surface area contributed by atoms with Gasteiger partial charge in [0.05, 0.1) is 5.41 Å². The minimum absolute atomic E-state index is 0.182. The third kappa shape index (κ3) is 1.45. The zero-order chi connectivity index (χ0) is 11.7. The molecule has 0 amide bonds. The molecule has 1 fully saturated rings. The van der Waals surface area contributed by atoms with Crippen LogP contribution in [0.3, 0.4) is 0 Å². The first-order valence-corrected chi connectivity index (χ1v) is 6.11. The van der Waals surface area contributed by atoms with Crippen molar-refractivity contribution in [1.82, 2.24) is 0 Å². The molecule has 0 aromatic heterocycles. The summed E-state index contributed by atoms with van der Waals surface area (Å²) in [5, 5.41) is 0. The van der Waals surface area contributed by atoms with Crippen LogP contribution in [0.25, 0.3) is 0 Å². The third-order valence-electron chi connectivity index (χ3n) is 4.51. The predicted octanol–water partition coefficient (Wildman–Crippen LogP) is 3.14. The van der Waals surface area contributed by atoms with Crippen LogP contribution in [0.2, 0.25) is 0 Å². The summed E-state index contributed by atoms with van der Waals surface area (Å²) in [7, 11) is 0. The number of ketones is 2. The molecule has 0 radical (unpaired) electrons. The van der Waals surface area contributed by atoms with Gasteiger partial charge in [-0.05, 0) is 25.7 Å². The quantitative estimate of drug-likeness (QED) is 0.668. The van der Waals surface area contributed by atoms with E-state index in [0.717, 1.165) is 12.8 Å². The van der Waals surface area contributed by atoms with Crippen molar-refractivity contribution < 1.29 is 9.59 Å². The van der Waals surface area contributed by atoms with Gasteiger partial charge < -0.3 is 0 Å². The fraction of sp³-hybridized carbons (Fsp3) is 0.846. The van der Waals surface area contributed by atoms with E-state index in [1.54, 1.807) is 0 Å². The van der Waals surface area contributed by atoms with E-state index in [1.807, 2.05) is 27.7 Å². The number of Topliss-reactive ketones (excluding diaryl/α,β-unsaturated/α-hetero) is 2. The summed E-state index contributed by atoms with van der Waals surface area (Å²) in [6.07, 6.45) is 3.41. The van der Waals surface area contributed by atoms with Gasteiger partial charge in [0.15, 0.2) is 5.78 Å². The maximum atomic E-state index is 12.5. The first-order valence-electron chi connectivity index (χ1n) is 6.11. The lowest BCUT2D eigenvalue weighted by atomic mass is 9.72. The molecule has 1 rings (SSSR count). The molecule has 86 valence electrons. The highest BCUT2D eigenvalue weighted by Crippen LogP contribution is 2.50. The van der Waals surface area contributed by atoms with Crippen molar-refractivity contribution in [3.05, 3.63) is 0 Å². The Hall–Kier alpha value is -0.660. The van der Waals surface area contributed by atoms with Crippen molar-refractivity contribution >= 4 is 11.6 Å². The maximum Gasteiger partial charge on any atom is 0.152 e. The summed E-state index contributed by atoms with van der Waals surface area (Å²) in [4.78, 5) is 24.5. The molecular weight excluding hydrogens is 188 g/mol. The van der Waals surface area contributed by atoms with Crippen LogP contribution in [-0.4, -0.2) is 11.6 Å². The molecule has 15 heavy (non-hydrogen) atoms. The Balaban J connectivity index is 3.17. The van der Waals surface area contributed by atoms with Crippen LogP contribution in [-0.2, 0) is 9.59 Å². The van der Waals surface area contributed by atoms with Gasteiger partial charge in [0.25, 0.3) is 0 Å². The van der Waals surface area contributed by atoms with Crippen LogP contribution >= 0.6 is 0 Å². The van der Waals surface area contributed by atoms with Gasteiger partial charge in [-0.1, -0.05) is 27.7 Å². The first kappa shape index (κ1) is 12.4. The smallest absolute Gasteiger partial charge is 0.152 e. The van der Waals surface area contributed by atoms with E-state index in [9.17, 15) is 9.59 Å². The summed E-state index contributed by atoms with van der Waals surface area (Å²) >= 11 is 0. The Morgan fingerprint density at radius 1 is 0.933 bits per heavy atom. The number of carbonyl (C=O) groups is 2. The second-order valence-corrected chi connectivity index (χ2v) is 4.71. The number of hydrogen-bond acceptors (Lipinski definition) is 2. The van der Waals surface area contributed by atoms with Crippen molar-refractivity contribution in [3.8, 4) is 0 Å². The van der Waals surface area contributed by atoms with E-state index in [2.05, 4.69) is 0 Å². The number of rotatable bonds is 4. The molecule has 0 aliphatic heterocycles. The Morgan fingerprint density at radius 3 is 1.60 bits per heavy atom. The van der Waals surface area contributed by atoms with Gasteiger partial charge in [-0.25, -0.2) is 0 Å². The highest BCUT2D eigenvalue weighted by molar-refractivity contribution is 6.15. The highest BCUT2D eigenvalue weighted by atomic mass is 16.2. The molecule has 2 heteroatoms. The second kappa shape index (κ2) is 4.07. The zero-order valence-electron chi connectivity index (χ0n) is 10.4. The van der Waals surface area contributed by atoms with Crippen LogP contribution in [0.15, 0.2) is 0 Å². The fourth-order valence-electron chi connectivity index (χ4n) is 2.98. The average molecular weight is 210 g/mol. The summed E-state index contributed by atoms with van der Waals surface area (Å²) in [5.41, 5.74) is -0.991. The number of carbonyl (C=O) groups excluding carboxylic acids is 2. The van der Waals surface area contributed by atoms with Gasteiger partial charge in [0.2, 0.25) is 0 Å². The van der Waals surface area contributed by atoms with E-state index in [-0.39, 0.29) is 17.0 Å². The molecule has 0 saturated heterocycles. The molecule has 0 bridgehead atoms. The molecule has 0 N–H and O–H groups in total. The molecule has 0 spiro atoms. The van der Waals surface area contributed by atoms with Gasteiger partial charge in [-0.2, -0.15) is 0 Å². The van der Waals surface area contributed by atoms with Crippen LogP contribution in [0.4, 0.5) is 0 Å². The van der Waals surface area contributed by atoms with Crippen LogP contribution in [0.1, 0.15) is 59.8 Å². The molecule has 1 saturated carbocycles. The highest BCUT2D eigenvalue weighted by Gasteiger charge is 2.58. The lowest BCUT2D eigenvalue weighted by Crippen LogP contribution is -2.36. The molecule has 0 atom stereocenters. The van der Waals surface area contributed by atoms with Crippen LogP contribution in [0, 0.1) is 10.8 Å². The zero-order valence-corrected chi connectivity index (χ0v) is 10.4. The van der Waals surface area contributed by atoms with Gasteiger partial charge in [-0.3, -0.25) is 9.59 Å². The van der Waals surface area contributed by atoms with Crippen molar-refractivity contribution in [1.29, 1.82) is 0 Å².